The Hall–Kier alpha value is -1.35. The fraction of sp³-hybridized carbons (Fsp3) is 0.720. The van der Waals surface area contributed by atoms with Crippen LogP contribution in [0.4, 0.5) is 0 Å². The van der Waals surface area contributed by atoms with E-state index in [2.05, 4.69) is 42.6 Å². The van der Waals surface area contributed by atoms with Gasteiger partial charge in [-0.15, -0.1) is 0 Å². The Kier molecular flexibility index (Phi) is 4.58. The fourth-order valence-electron chi connectivity index (χ4n) is 7.98. The second-order valence-electron chi connectivity index (χ2n) is 10.5. The van der Waals surface area contributed by atoms with Crippen LogP contribution < -0.4 is 11.1 Å². The molecule has 5 aliphatic carbocycles. The van der Waals surface area contributed by atoms with E-state index in [1.807, 2.05) is 0 Å². The maximum atomic E-state index is 13.4. The van der Waals surface area contributed by atoms with Crippen molar-refractivity contribution in [2.24, 2.45) is 34.8 Å². The van der Waals surface area contributed by atoms with Crippen LogP contribution in [-0.4, -0.2) is 18.5 Å². The molecule has 0 aromatic heterocycles. The lowest BCUT2D eigenvalue weighted by atomic mass is 9.61. The zero-order valence-corrected chi connectivity index (χ0v) is 17.3. The van der Waals surface area contributed by atoms with Gasteiger partial charge in [-0.05, 0) is 92.1 Å². The lowest BCUT2D eigenvalue weighted by molar-refractivity contribution is -0.129. The molecule has 0 radical (unpaired) electrons. The van der Waals surface area contributed by atoms with E-state index in [0.717, 1.165) is 19.4 Å². The molecule has 0 heterocycles. The summed E-state index contributed by atoms with van der Waals surface area (Å²) >= 11 is 0. The second-order valence-corrected chi connectivity index (χ2v) is 10.5. The molecule has 5 aliphatic rings. The van der Waals surface area contributed by atoms with Crippen molar-refractivity contribution in [3.63, 3.8) is 0 Å². The van der Waals surface area contributed by atoms with Gasteiger partial charge in [0.15, 0.2) is 0 Å². The van der Waals surface area contributed by atoms with E-state index < -0.39 is 0 Å². The minimum Gasteiger partial charge on any atom is -0.353 e. The zero-order valence-electron chi connectivity index (χ0n) is 17.3. The van der Waals surface area contributed by atoms with Gasteiger partial charge in [0.25, 0.3) is 0 Å². The zero-order chi connectivity index (χ0) is 19.4. The summed E-state index contributed by atoms with van der Waals surface area (Å²) in [5, 5.41) is 3.49. The van der Waals surface area contributed by atoms with Crippen molar-refractivity contribution in [3.8, 4) is 0 Å². The van der Waals surface area contributed by atoms with Gasteiger partial charge < -0.3 is 11.1 Å². The Morgan fingerprint density at radius 2 is 1.86 bits per heavy atom. The molecule has 5 atom stereocenters. The number of amides is 1. The molecule has 1 aromatic carbocycles. The molecule has 3 nitrogen and oxygen atoms in total. The van der Waals surface area contributed by atoms with Crippen LogP contribution in [0, 0.1) is 29.1 Å². The molecule has 1 aromatic rings. The number of nitrogens with two attached hydrogens (primary N) is 1. The topological polar surface area (TPSA) is 55.1 Å². The summed E-state index contributed by atoms with van der Waals surface area (Å²) in [6.45, 7) is 3.17. The minimum absolute atomic E-state index is 0.256. The van der Waals surface area contributed by atoms with Gasteiger partial charge in [-0.2, -0.15) is 0 Å². The minimum atomic E-state index is 0.256. The SMILES string of the molecule is CCC12CC3CC(c4ccccc4)(CC1C3C(=O)NC1CCC(CN)CC1)C2. The second kappa shape index (κ2) is 6.86. The van der Waals surface area contributed by atoms with Gasteiger partial charge in [0.1, 0.15) is 0 Å². The number of carbonyl (C=O) groups excluding carboxylic acids is 1. The third-order valence-corrected chi connectivity index (χ3v) is 9.27. The predicted octanol–water partition coefficient (Wildman–Crippen LogP) is 4.40. The van der Waals surface area contributed by atoms with E-state index in [1.54, 1.807) is 0 Å². The highest BCUT2D eigenvalue weighted by Crippen LogP contribution is 2.73. The number of rotatable bonds is 5. The Morgan fingerprint density at radius 1 is 1.11 bits per heavy atom. The van der Waals surface area contributed by atoms with Crippen LogP contribution in [0.5, 0.6) is 0 Å². The first-order chi connectivity index (χ1) is 13.6. The molecule has 6 rings (SSSR count). The lowest BCUT2D eigenvalue weighted by Crippen LogP contribution is -2.46. The molecule has 0 aliphatic heterocycles. The molecule has 0 spiro atoms. The fourth-order valence-corrected chi connectivity index (χ4v) is 7.98. The first kappa shape index (κ1) is 18.7. The summed E-state index contributed by atoms with van der Waals surface area (Å²) in [5.74, 6) is 2.46. The van der Waals surface area contributed by atoms with Crippen molar-refractivity contribution in [2.45, 2.75) is 76.2 Å². The van der Waals surface area contributed by atoms with E-state index in [1.165, 1.54) is 50.5 Å². The number of benzene rings is 1. The van der Waals surface area contributed by atoms with Crippen molar-refractivity contribution < 1.29 is 4.79 Å². The number of carbonyl (C=O) groups is 1. The molecule has 28 heavy (non-hydrogen) atoms. The standard InChI is InChI=1S/C25H36N2O/c1-2-24-12-18-13-25(16-24,19-6-4-3-5-7-19)14-21(24)22(18)23(28)27-20-10-8-17(15-26)9-11-20/h3-7,17-18,20-22H,2,8-16,26H2,1H3,(H,27,28). The number of hydrogen-bond donors (Lipinski definition) is 2. The highest BCUT2D eigenvalue weighted by atomic mass is 16.2. The van der Waals surface area contributed by atoms with Gasteiger partial charge in [0.2, 0.25) is 5.91 Å². The summed E-state index contributed by atoms with van der Waals surface area (Å²) in [6.07, 6.45) is 10.8. The van der Waals surface area contributed by atoms with Crippen LogP contribution in [-0.2, 0) is 10.2 Å². The summed E-state index contributed by atoms with van der Waals surface area (Å²) in [4.78, 5) is 13.4. The molecular weight excluding hydrogens is 344 g/mol. The Labute approximate surface area is 169 Å². The average molecular weight is 381 g/mol. The maximum absolute atomic E-state index is 13.4. The van der Waals surface area contributed by atoms with Crippen LogP contribution >= 0.6 is 0 Å². The molecule has 5 unspecified atom stereocenters. The Bertz CT molecular complexity index is 725. The quantitative estimate of drug-likeness (QED) is 0.795. The van der Waals surface area contributed by atoms with E-state index >= 15 is 0 Å². The molecule has 4 bridgehead atoms. The average Bonchev–Trinajstić information content (AvgIpc) is 3.10. The first-order valence-corrected chi connectivity index (χ1v) is 11.7. The molecule has 5 fully saturated rings. The molecule has 5 saturated carbocycles. The van der Waals surface area contributed by atoms with Gasteiger partial charge in [-0.25, -0.2) is 0 Å². The molecule has 0 saturated heterocycles. The number of nitrogens with one attached hydrogen (secondary N) is 1. The van der Waals surface area contributed by atoms with Gasteiger partial charge in [-0.3, -0.25) is 4.79 Å². The van der Waals surface area contributed by atoms with E-state index in [-0.39, 0.29) is 5.92 Å². The van der Waals surface area contributed by atoms with Crippen molar-refractivity contribution in [1.29, 1.82) is 0 Å². The van der Waals surface area contributed by atoms with Crippen molar-refractivity contribution in [3.05, 3.63) is 35.9 Å². The smallest absolute Gasteiger partial charge is 0.223 e. The summed E-state index contributed by atoms with van der Waals surface area (Å²) in [6, 6.07) is 11.6. The van der Waals surface area contributed by atoms with Crippen molar-refractivity contribution in [2.75, 3.05) is 6.54 Å². The van der Waals surface area contributed by atoms with E-state index in [0.29, 0.717) is 40.5 Å². The van der Waals surface area contributed by atoms with Crippen molar-refractivity contribution >= 4 is 5.91 Å². The molecule has 1 amide bonds. The van der Waals surface area contributed by atoms with Gasteiger partial charge in [0.05, 0.1) is 0 Å². The van der Waals surface area contributed by atoms with Crippen LogP contribution in [0.1, 0.15) is 70.3 Å². The van der Waals surface area contributed by atoms with E-state index in [4.69, 9.17) is 5.73 Å². The van der Waals surface area contributed by atoms with E-state index in [9.17, 15) is 4.79 Å². The van der Waals surface area contributed by atoms with Gasteiger partial charge in [-0.1, -0.05) is 43.7 Å². The monoisotopic (exact) mass is 380 g/mol. The van der Waals surface area contributed by atoms with Crippen LogP contribution in [0.25, 0.3) is 0 Å². The highest BCUT2D eigenvalue weighted by molar-refractivity contribution is 5.80. The summed E-state index contributed by atoms with van der Waals surface area (Å²) < 4.78 is 0. The van der Waals surface area contributed by atoms with Crippen LogP contribution in [0.3, 0.4) is 0 Å². The van der Waals surface area contributed by atoms with Gasteiger partial charge >= 0.3 is 0 Å². The third-order valence-electron chi connectivity index (χ3n) is 9.27. The summed E-state index contributed by atoms with van der Waals surface area (Å²) in [7, 11) is 0. The normalized spacial score (nSPS) is 44.0. The largest absolute Gasteiger partial charge is 0.353 e. The number of hydrogen-bond acceptors (Lipinski definition) is 2. The van der Waals surface area contributed by atoms with Gasteiger partial charge in [0, 0.05) is 12.0 Å². The predicted molar refractivity (Wildman–Crippen MR) is 113 cm³/mol. The Morgan fingerprint density at radius 3 is 2.54 bits per heavy atom. The summed E-state index contributed by atoms with van der Waals surface area (Å²) in [5.41, 5.74) is 8.10. The first-order valence-electron chi connectivity index (χ1n) is 11.7. The lowest BCUT2D eigenvalue weighted by Gasteiger charge is -2.43. The third kappa shape index (κ3) is 2.76. The molecule has 3 N–H and O–H groups in total. The van der Waals surface area contributed by atoms with Crippen LogP contribution in [0.2, 0.25) is 0 Å². The highest BCUT2D eigenvalue weighted by Gasteiger charge is 2.68. The Balaban J connectivity index is 1.33. The van der Waals surface area contributed by atoms with Crippen molar-refractivity contribution in [1.82, 2.24) is 5.32 Å². The maximum Gasteiger partial charge on any atom is 0.223 e. The molecular formula is C25H36N2O. The molecule has 152 valence electrons. The van der Waals surface area contributed by atoms with Crippen LogP contribution in [0.15, 0.2) is 30.3 Å². The molecule has 3 heteroatoms.